The molecule has 3 aromatic rings. The maximum atomic E-state index is 5.11. The van der Waals surface area contributed by atoms with Gasteiger partial charge in [-0.25, -0.2) is 9.97 Å². The van der Waals surface area contributed by atoms with Crippen LogP contribution in [0.5, 0.6) is 0 Å². The summed E-state index contributed by atoms with van der Waals surface area (Å²) >= 11 is 0. The molecule has 54 heavy (non-hydrogen) atoms. The van der Waals surface area contributed by atoms with Crippen LogP contribution in [0, 0.1) is 0 Å². The lowest BCUT2D eigenvalue weighted by molar-refractivity contribution is 0.268. The van der Waals surface area contributed by atoms with E-state index in [4.69, 9.17) is 9.97 Å². The van der Waals surface area contributed by atoms with E-state index in [2.05, 4.69) is 165 Å². The fourth-order valence-corrected chi connectivity index (χ4v) is 6.53. The first-order valence-corrected chi connectivity index (χ1v) is 19.7. The molecule has 2 aromatic heterocycles. The van der Waals surface area contributed by atoms with Crippen LogP contribution in [0.3, 0.4) is 0 Å². The van der Waals surface area contributed by atoms with Crippen molar-refractivity contribution in [2.24, 2.45) is 0 Å². The zero-order valence-corrected chi connectivity index (χ0v) is 32.1. The van der Waals surface area contributed by atoms with Gasteiger partial charge >= 0.3 is 0 Å². The lowest BCUT2D eigenvalue weighted by Crippen LogP contribution is -2.37. The molecule has 0 aliphatic carbocycles. The first-order valence-electron chi connectivity index (χ1n) is 19.7. The molecule has 0 saturated carbocycles. The number of unbranched alkanes of at least 4 members (excludes halogenated alkanes) is 4. The average Bonchev–Trinajstić information content (AvgIpc) is 4.05. The van der Waals surface area contributed by atoms with Crippen molar-refractivity contribution >= 4 is 22.8 Å². The number of rotatable bonds is 18. The minimum absolute atomic E-state index is 0.869. The van der Waals surface area contributed by atoms with Gasteiger partial charge in [0.15, 0.2) is 0 Å². The number of benzene rings is 1. The third-order valence-electron chi connectivity index (χ3n) is 9.79. The summed E-state index contributed by atoms with van der Waals surface area (Å²) in [5.41, 5.74) is 38.1. The third-order valence-corrected chi connectivity index (χ3v) is 9.79. The van der Waals surface area contributed by atoms with E-state index >= 15 is 0 Å². The Kier molecular flexibility index (Phi) is 12.1. The second-order valence-corrected chi connectivity index (χ2v) is 14.1. The largest absolute Gasteiger partial charge is 0.300 e. The topological polar surface area (TPSA) is 135 Å². The summed E-state index contributed by atoms with van der Waals surface area (Å²) in [6.45, 7) is 12.5. The number of nitrogens with zero attached hydrogens (tertiary/aromatic N) is 6. The Labute approximate surface area is 319 Å². The third kappa shape index (κ3) is 8.91. The molecule has 7 rings (SSSR count). The first-order chi connectivity index (χ1) is 26.5. The van der Waals surface area contributed by atoms with E-state index in [1.807, 2.05) is 0 Å². The molecule has 0 atom stereocenters. The molecule has 14 nitrogen and oxygen atoms in total. The SMILES string of the molecule is CCCCN1C=C(c2cc(-c3ccc(-c4cc(C5=CN(CCCC)NN5)nc(C5=CN(CCCC)NN5)c4)cc3)cc(C3=CN(CCCC)NN3)n2)NN1. The fourth-order valence-electron chi connectivity index (χ4n) is 6.53. The number of nitrogens with one attached hydrogen (secondary N) is 8. The van der Waals surface area contributed by atoms with Gasteiger partial charge < -0.3 is 21.7 Å². The molecule has 0 amide bonds. The minimum Gasteiger partial charge on any atom is -0.300 e. The Morgan fingerprint density at radius 2 is 0.648 bits per heavy atom. The van der Waals surface area contributed by atoms with E-state index < -0.39 is 0 Å². The Bertz CT molecular complexity index is 1630. The summed E-state index contributed by atoms with van der Waals surface area (Å²) in [5, 5.41) is 8.36. The van der Waals surface area contributed by atoms with Crippen molar-refractivity contribution in [1.82, 2.24) is 73.8 Å². The molecule has 6 heterocycles. The van der Waals surface area contributed by atoms with Crippen LogP contribution < -0.4 is 43.8 Å². The molecule has 0 saturated heterocycles. The standard InChI is InChI=1S/C40H56N14/c1-5-9-17-51-25-37(43-47-51)33-21-31(22-34(41-33)38-26-52(48-44-38)18-10-6-2)29-13-15-30(16-14-29)32-23-35(39-27-53(49-45-39)19-11-7-3)42-36(24-32)40-28-54(50-46-40)20-12-8-4/h13-16,21-28,43-50H,5-12,17-20H2,1-4H3. The van der Waals surface area contributed by atoms with E-state index in [-0.39, 0.29) is 0 Å². The van der Waals surface area contributed by atoms with Crippen molar-refractivity contribution in [1.29, 1.82) is 0 Å². The summed E-state index contributed by atoms with van der Waals surface area (Å²) in [5.74, 6) is 0. The summed E-state index contributed by atoms with van der Waals surface area (Å²) in [4.78, 5) is 10.2. The van der Waals surface area contributed by atoms with Gasteiger partial charge in [0, 0.05) is 51.0 Å². The van der Waals surface area contributed by atoms with Crippen molar-refractivity contribution in [2.75, 3.05) is 26.2 Å². The zero-order chi connectivity index (χ0) is 37.3. The van der Waals surface area contributed by atoms with Gasteiger partial charge in [-0.15, -0.1) is 22.1 Å². The van der Waals surface area contributed by atoms with E-state index in [0.29, 0.717) is 0 Å². The van der Waals surface area contributed by atoms with Crippen molar-refractivity contribution in [3.63, 3.8) is 0 Å². The van der Waals surface area contributed by atoms with Crippen molar-refractivity contribution in [3.05, 3.63) is 96.1 Å². The van der Waals surface area contributed by atoms with Crippen molar-refractivity contribution in [2.45, 2.75) is 79.1 Å². The molecule has 0 bridgehead atoms. The van der Waals surface area contributed by atoms with Crippen LogP contribution in [0.4, 0.5) is 0 Å². The number of hydrogen-bond acceptors (Lipinski definition) is 14. The summed E-state index contributed by atoms with van der Waals surface area (Å²) in [6.07, 6.45) is 17.4. The maximum absolute atomic E-state index is 5.11. The van der Waals surface area contributed by atoms with Gasteiger partial charge in [0.25, 0.3) is 0 Å². The molecule has 14 heteroatoms. The van der Waals surface area contributed by atoms with Crippen LogP contribution in [-0.2, 0) is 0 Å². The molecule has 1 aromatic carbocycles. The highest BCUT2D eigenvalue weighted by atomic mass is 15.7. The number of hydrazine groups is 8. The maximum Gasteiger partial charge on any atom is 0.0937 e. The second kappa shape index (κ2) is 17.7. The lowest BCUT2D eigenvalue weighted by Gasteiger charge is -2.14. The van der Waals surface area contributed by atoms with Crippen molar-refractivity contribution in [3.8, 4) is 22.3 Å². The van der Waals surface area contributed by atoms with Crippen LogP contribution in [-0.4, -0.2) is 56.2 Å². The molecule has 8 N–H and O–H groups in total. The molecular formula is C40H56N14. The van der Waals surface area contributed by atoms with Gasteiger partial charge in [-0.2, -0.15) is 0 Å². The van der Waals surface area contributed by atoms with E-state index in [1.54, 1.807) is 0 Å². The van der Waals surface area contributed by atoms with E-state index in [0.717, 1.165) is 145 Å². The highest BCUT2D eigenvalue weighted by Crippen LogP contribution is 2.31. The first kappa shape index (κ1) is 37.1. The van der Waals surface area contributed by atoms with Gasteiger partial charge in [-0.05, 0) is 72.2 Å². The summed E-state index contributed by atoms with van der Waals surface area (Å²) in [7, 11) is 0. The lowest BCUT2D eigenvalue weighted by atomic mass is 9.98. The predicted molar refractivity (Wildman–Crippen MR) is 216 cm³/mol. The Balaban J connectivity index is 1.21. The highest BCUT2D eigenvalue weighted by Gasteiger charge is 2.22. The van der Waals surface area contributed by atoms with Crippen LogP contribution in [0.15, 0.2) is 73.3 Å². The monoisotopic (exact) mass is 732 g/mol. The molecule has 0 spiro atoms. The molecule has 4 aliphatic rings. The summed E-state index contributed by atoms with van der Waals surface area (Å²) < 4.78 is 0. The van der Waals surface area contributed by atoms with Gasteiger partial charge in [0.05, 0.1) is 45.6 Å². The summed E-state index contributed by atoms with van der Waals surface area (Å²) in [6, 6.07) is 17.4. The number of hydrogen-bond donors (Lipinski definition) is 8. The normalized spacial score (nSPS) is 16.5. The fraction of sp³-hybridized carbons (Fsp3) is 0.400. The predicted octanol–water partition coefficient (Wildman–Crippen LogP) is 5.50. The van der Waals surface area contributed by atoms with Crippen LogP contribution in [0.2, 0.25) is 0 Å². The van der Waals surface area contributed by atoms with Crippen molar-refractivity contribution < 1.29 is 0 Å². The number of aromatic nitrogens is 2. The molecule has 0 fully saturated rings. The van der Waals surface area contributed by atoms with Gasteiger partial charge in [-0.3, -0.25) is 20.0 Å². The second-order valence-electron chi connectivity index (χ2n) is 14.1. The van der Waals surface area contributed by atoms with E-state index in [1.165, 1.54) is 0 Å². The highest BCUT2D eigenvalue weighted by molar-refractivity contribution is 5.79. The molecule has 4 aliphatic heterocycles. The van der Waals surface area contributed by atoms with Gasteiger partial charge in [0.1, 0.15) is 0 Å². The van der Waals surface area contributed by atoms with Crippen LogP contribution in [0.25, 0.3) is 45.0 Å². The van der Waals surface area contributed by atoms with Gasteiger partial charge in [-0.1, -0.05) is 77.6 Å². The van der Waals surface area contributed by atoms with Crippen LogP contribution >= 0.6 is 0 Å². The molecule has 286 valence electrons. The van der Waals surface area contributed by atoms with Crippen LogP contribution in [0.1, 0.15) is 102 Å². The van der Waals surface area contributed by atoms with E-state index in [9.17, 15) is 0 Å². The Morgan fingerprint density at radius 3 is 0.889 bits per heavy atom. The minimum atomic E-state index is 0.869. The quantitative estimate of drug-likeness (QED) is 0.0836. The number of pyridine rings is 2. The smallest absolute Gasteiger partial charge is 0.0937 e. The molecule has 0 unspecified atom stereocenters. The molecule has 0 radical (unpaired) electrons. The average molecular weight is 733 g/mol. The van der Waals surface area contributed by atoms with Gasteiger partial charge in [0.2, 0.25) is 0 Å². The Hall–Kier alpha value is -5.28. The molecular weight excluding hydrogens is 677 g/mol. The Morgan fingerprint density at radius 1 is 0.389 bits per heavy atom. The zero-order valence-electron chi connectivity index (χ0n) is 32.1.